The highest BCUT2D eigenvalue weighted by atomic mass is 16.6. The minimum absolute atomic E-state index is 0.106. The summed E-state index contributed by atoms with van der Waals surface area (Å²) < 4.78 is 16.4. The molecule has 2 aromatic rings. The van der Waals surface area contributed by atoms with Crippen molar-refractivity contribution >= 4 is 29.6 Å². The summed E-state index contributed by atoms with van der Waals surface area (Å²) in [7, 11) is 3.31. The number of nitro benzene ring substituents is 1. The van der Waals surface area contributed by atoms with Gasteiger partial charge in [-0.15, -0.1) is 0 Å². The van der Waals surface area contributed by atoms with Crippen LogP contribution in [0.15, 0.2) is 52.8 Å². The number of aliphatic hydroxyl groups excluding tert-OH is 1. The lowest BCUT2D eigenvalue weighted by molar-refractivity contribution is -0.385. The number of ether oxygens (including phenoxy) is 3. The van der Waals surface area contributed by atoms with Crippen molar-refractivity contribution in [1.82, 2.24) is 21.0 Å². The Bertz CT molecular complexity index is 1440. The maximum Gasteiger partial charge on any atom is 0.337 e. The van der Waals surface area contributed by atoms with Gasteiger partial charge in [0.2, 0.25) is 0 Å². The fourth-order valence-corrected chi connectivity index (χ4v) is 4.89. The molecule has 2 aliphatic heterocycles. The lowest BCUT2D eigenvalue weighted by atomic mass is 9.95. The van der Waals surface area contributed by atoms with Crippen LogP contribution in [-0.4, -0.2) is 92.9 Å². The average molecular weight is 612 g/mol. The highest BCUT2D eigenvalue weighted by Gasteiger charge is 2.32. The Kier molecular flexibility index (Phi) is 10.6. The van der Waals surface area contributed by atoms with Gasteiger partial charge in [-0.2, -0.15) is 5.10 Å². The summed E-state index contributed by atoms with van der Waals surface area (Å²) in [6, 6.07) is 8.53. The predicted octanol–water partition coefficient (Wildman–Crippen LogP) is 1.87. The number of hydrogen-bond donors (Lipinski definition) is 4. The van der Waals surface area contributed by atoms with Gasteiger partial charge in [0.25, 0.3) is 5.69 Å². The second-order valence-corrected chi connectivity index (χ2v) is 10.2. The van der Waals surface area contributed by atoms with Gasteiger partial charge in [0.15, 0.2) is 17.7 Å². The molecule has 0 unspecified atom stereocenters. The van der Waals surface area contributed by atoms with Crippen LogP contribution >= 0.6 is 0 Å². The summed E-state index contributed by atoms with van der Waals surface area (Å²) in [5.74, 6) is 0.0349. The number of methoxy groups -OCH3 is 1. The van der Waals surface area contributed by atoms with Gasteiger partial charge in [-0.05, 0) is 50.7 Å². The smallest absolute Gasteiger partial charge is 0.337 e. The fraction of sp³-hybridized carbons (Fsp3) is 0.414. The van der Waals surface area contributed by atoms with Crippen molar-refractivity contribution in [3.05, 3.63) is 68.9 Å². The monoisotopic (exact) mass is 611 g/mol. The molecule has 4 rings (SSSR count). The van der Waals surface area contributed by atoms with E-state index in [2.05, 4.69) is 38.0 Å². The highest BCUT2D eigenvalue weighted by Crippen LogP contribution is 2.35. The zero-order valence-electron chi connectivity index (χ0n) is 25.0. The van der Waals surface area contributed by atoms with Crippen molar-refractivity contribution in [2.45, 2.75) is 26.1 Å². The van der Waals surface area contributed by atoms with Crippen molar-refractivity contribution in [1.29, 1.82) is 0 Å². The third-order valence-electron chi connectivity index (χ3n) is 7.18. The fourth-order valence-electron chi connectivity index (χ4n) is 4.89. The first-order valence-electron chi connectivity index (χ1n) is 14.1. The summed E-state index contributed by atoms with van der Waals surface area (Å²) in [6.07, 6.45) is 0.0313. The Morgan fingerprint density at radius 2 is 1.95 bits per heavy atom. The lowest BCUT2D eigenvalue weighted by Crippen LogP contribution is -2.45. The standard InChI is InChI=1S/C29H37N7O8/c1-5-43-24-15-19(27-26(28(38)42-4)18(2)31-29(39)32-27)6-9-23(24)44-17-25(37)33-30-16-20-14-21(7-8-22(20)36(40)41)35-12-10-34(3)11-13-35/h6-9,14-16,25,27,33,37H,5,10-13,17H2,1-4H3,(H2,31,32,39)/b30-16-/t25-,27+/m1/s1. The van der Waals surface area contributed by atoms with Crippen molar-refractivity contribution in [3.63, 3.8) is 0 Å². The number of nitrogens with zero attached hydrogens (tertiary/aromatic N) is 4. The highest BCUT2D eigenvalue weighted by molar-refractivity contribution is 5.95. The van der Waals surface area contributed by atoms with Gasteiger partial charge in [-0.3, -0.25) is 15.5 Å². The minimum atomic E-state index is -1.26. The Balaban J connectivity index is 1.43. The minimum Gasteiger partial charge on any atom is -0.490 e. The number of nitrogens with one attached hydrogen (secondary N) is 3. The number of anilines is 1. The molecule has 1 saturated heterocycles. The molecule has 0 radical (unpaired) electrons. The quantitative estimate of drug-likeness (QED) is 0.0905. The van der Waals surface area contributed by atoms with Crippen LogP contribution in [0.25, 0.3) is 0 Å². The Hall–Kier alpha value is -4.89. The molecule has 2 aliphatic rings. The largest absolute Gasteiger partial charge is 0.490 e. The number of aliphatic hydroxyl groups is 1. The van der Waals surface area contributed by atoms with E-state index in [4.69, 9.17) is 14.2 Å². The molecule has 4 N–H and O–H groups in total. The molecule has 1 fully saturated rings. The van der Waals surface area contributed by atoms with E-state index in [1.54, 1.807) is 44.2 Å². The van der Waals surface area contributed by atoms with Crippen LogP contribution in [0, 0.1) is 10.1 Å². The van der Waals surface area contributed by atoms with Gasteiger partial charge in [0, 0.05) is 43.6 Å². The summed E-state index contributed by atoms with van der Waals surface area (Å²) in [5.41, 5.74) is 4.74. The normalized spacial score (nSPS) is 18.0. The number of amides is 2. The van der Waals surface area contributed by atoms with Crippen molar-refractivity contribution in [2.24, 2.45) is 5.10 Å². The average Bonchev–Trinajstić information content (AvgIpc) is 3.00. The third kappa shape index (κ3) is 7.73. The molecule has 0 aliphatic carbocycles. The van der Waals surface area contributed by atoms with E-state index in [1.807, 2.05) is 0 Å². The number of hydrogen-bond acceptors (Lipinski definition) is 12. The molecule has 0 bridgehead atoms. The SMILES string of the molecule is CCOc1cc([C@@H]2NC(=O)NC(C)=C2C(=O)OC)ccc1OC[C@@H](O)N/N=C\c1cc(N2CCN(C)CC2)ccc1[N+](=O)[O-]. The number of esters is 1. The maximum atomic E-state index is 12.4. The molecule has 2 aromatic carbocycles. The molecule has 15 heteroatoms. The third-order valence-corrected chi connectivity index (χ3v) is 7.18. The number of benzene rings is 2. The Labute approximate surface area is 254 Å². The number of hydrazone groups is 1. The van der Waals surface area contributed by atoms with Gasteiger partial charge >= 0.3 is 12.0 Å². The maximum absolute atomic E-state index is 12.4. The van der Waals surface area contributed by atoms with Gasteiger partial charge in [-0.25, -0.2) is 9.59 Å². The van der Waals surface area contributed by atoms with Gasteiger partial charge < -0.3 is 39.8 Å². The van der Waals surface area contributed by atoms with E-state index in [-0.39, 0.29) is 17.9 Å². The molecule has 0 saturated carbocycles. The molecule has 0 spiro atoms. The van der Waals surface area contributed by atoms with E-state index in [1.165, 1.54) is 19.4 Å². The summed E-state index contributed by atoms with van der Waals surface area (Å²) >= 11 is 0. The van der Waals surface area contributed by atoms with Crippen LogP contribution in [0.3, 0.4) is 0 Å². The molecule has 2 heterocycles. The van der Waals surface area contributed by atoms with Crippen molar-refractivity contribution < 1.29 is 33.8 Å². The van der Waals surface area contributed by atoms with Crippen LogP contribution in [-0.2, 0) is 9.53 Å². The van der Waals surface area contributed by atoms with Crippen LogP contribution in [0.2, 0.25) is 0 Å². The van der Waals surface area contributed by atoms with E-state index >= 15 is 0 Å². The van der Waals surface area contributed by atoms with Crippen LogP contribution in [0.4, 0.5) is 16.2 Å². The second kappa shape index (κ2) is 14.5. The Morgan fingerprint density at radius 3 is 2.64 bits per heavy atom. The number of piperazine rings is 1. The first-order chi connectivity index (χ1) is 21.1. The second-order valence-electron chi connectivity index (χ2n) is 10.2. The van der Waals surface area contributed by atoms with Crippen molar-refractivity contribution in [3.8, 4) is 11.5 Å². The predicted molar refractivity (Wildman–Crippen MR) is 162 cm³/mol. The van der Waals surface area contributed by atoms with Gasteiger partial charge in [-0.1, -0.05) is 6.07 Å². The molecular formula is C29H37N7O8. The van der Waals surface area contributed by atoms with Crippen LogP contribution in [0.1, 0.15) is 31.0 Å². The molecule has 236 valence electrons. The number of urea groups is 1. The number of carbonyl (C=O) groups excluding carboxylic acids is 2. The number of carbonyl (C=O) groups is 2. The summed E-state index contributed by atoms with van der Waals surface area (Å²) in [5, 5.41) is 31.4. The molecule has 15 nitrogen and oxygen atoms in total. The molecule has 0 aromatic heterocycles. The van der Waals surface area contributed by atoms with Gasteiger partial charge in [0.05, 0.1) is 42.0 Å². The van der Waals surface area contributed by atoms with E-state index in [0.29, 0.717) is 34.9 Å². The topological polar surface area (TPSA) is 180 Å². The molecular weight excluding hydrogens is 574 g/mol. The zero-order chi connectivity index (χ0) is 31.8. The number of nitro groups is 1. The molecule has 2 amide bonds. The van der Waals surface area contributed by atoms with E-state index < -0.39 is 29.2 Å². The number of rotatable bonds is 12. The first kappa shape index (κ1) is 32.0. The first-order valence-corrected chi connectivity index (χ1v) is 14.1. The summed E-state index contributed by atoms with van der Waals surface area (Å²) in [4.78, 5) is 40.1. The molecule has 2 atom stereocenters. The van der Waals surface area contributed by atoms with Gasteiger partial charge in [0.1, 0.15) is 6.61 Å². The Morgan fingerprint density at radius 1 is 1.20 bits per heavy atom. The van der Waals surface area contributed by atoms with Crippen molar-refractivity contribution in [2.75, 3.05) is 58.5 Å². The number of likely N-dealkylation sites (N-methyl/N-ethyl adjacent to an activating group) is 1. The van der Waals surface area contributed by atoms with E-state index in [0.717, 1.165) is 31.9 Å². The lowest BCUT2D eigenvalue weighted by Gasteiger charge is -2.34. The molecule has 44 heavy (non-hydrogen) atoms. The zero-order valence-corrected chi connectivity index (χ0v) is 25.0. The van der Waals surface area contributed by atoms with Crippen LogP contribution < -0.4 is 30.4 Å². The number of allylic oxidation sites excluding steroid dienone is 1. The van der Waals surface area contributed by atoms with Crippen LogP contribution in [0.5, 0.6) is 11.5 Å². The van der Waals surface area contributed by atoms with E-state index in [9.17, 15) is 24.8 Å². The summed E-state index contributed by atoms with van der Waals surface area (Å²) in [6.45, 7) is 6.85.